The molecule has 9 heteroatoms. The van der Waals surface area contributed by atoms with E-state index >= 15 is 0 Å². The second-order valence-corrected chi connectivity index (χ2v) is 7.92. The Labute approximate surface area is 173 Å². The van der Waals surface area contributed by atoms with Crippen LogP contribution in [0.4, 0.5) is 10.5 Å². The predicted molar refractivity (Wildman–Crippen MR) is 111 cm³/mol. The molecule has 2 aliphatic heterocycles. The van der Waals surface area contributed by atoms with Crippen molar-refractivity contribution in [2.24, 2.45) is 0 Å². The zero-order chi connectivity index (χ0) is 21.3. The average Bonchev–Trinajstić information content (AvgIpc) is 2.88. The normalized spacial score (nSPS) is 21.6. The van der Waals surface area contributed by atoms with Gasteiger partial charge in [-0.3, -0.25) is 14.6 Å². The van der Waals surface area contributed by atoms with E-state index in [0.717, 1.165) is 17.7 Å². The Kier molecular flexibility index (Phi) is 5.43. The summed E-state index contributed by atoms with van der Waals surface area (Å²) in [5.74, 6) is -0.161. The van der Waals surface area contributed by atoms with Gasteiger partial charge in [0.1, 0.15) is 0 Å². The standard InChI is InChI=1S/C21H25N5O4/c1-13-10-16(26-8-6-14-4-2-3-5-17(14)23-21(26)30)7-9-25(13)18(27)11-15-12-22-20(29)24-19(15)28/h2-5,12-13,16H,6-11H2,1H3,(H,23,30)(H2,22,24,28,29)/t13-,16?/m0/s1. The van der Waals surface area contributed by atoms with E-state index in [4.69, 9.17) is 0 Å². The van der Waals surface area contributed by atoms with Gasteiger partial charge in [0.05, 0.1) is 6.42 Å². The van der Waals surface area contributed by atoms with E-state index in [0.29, 0.717) is 25.9 Å². The minimum Gasteiger partial charge on any atom is -0.340 e. The molecule has 1 unspecified atom stereocenters. The van der Waals surface area contributed by atoms with E-state index in [1.54, 1.807) is 4.90 Å². The Hall–Kier alpha value is -3.36. The van der Waals surface area contributed by atoms with Gasteiger partial charge in [-0.25, -0.2) is 9.59 Å². The van der Waals surface area contributed by atoms with Gasteiger partial charge in [-0.2, -0.15) is 0 Å². The summed E-state index contributed by atoms with van der Waals surface area (Å²) in [6.07, 6.45) is 3.37. The highest BCUT2D eigenvalue weighted by molar-refractivity contribution is 5.91. The summed E-state index contributed by atoms with van der Waals surface area (Å²) in [7, 11) is 0. The molecule has 2 aliphatic rings. The lowest BCUT2D eigenvalue weighted by Gasteiger charge is -2.42. The van der Waals surface area contributed by atoms with Crippen molar-refractivity contribution in [3.8, 4) is 0 Å². The van der Waals surface area contributed by atoms with Gasteiger partial charge in [-0.15, -0.1) is 0 Å². The Bertz CT molecular complexity index is 1080. The van der Waals surface area contributed by atoms with Crippen LogP contribution in [-0.4, -0.2) is 56.9 Å². The van der Waals surface area contributed by atoms with Crippen LogP contribution < -0.4 is 16.6 Å². The molecule has 0 bridgehead atoms. The van der Waals surface area contributed by atoms with Crippen LogP contribution in [0.3, 0.4) is 0 Å². The number of benzene rings is 1. The second-order valence-electron chi connectivity index (χ2n) is 7.92. The molecule has 0 aliphatic carbocycles. The molecule has 3 heterocycles. The lowest BCUT2D eigenvalue weighted by molar-refractivity contribution is -0.134. The summed E-state index contributed by atoms with van der Waals surface area (Å²) in [4.78, 5) is 56.7. The number of fused-ring (bicyclic) bond motifs is 1. The zero-order valence-electron chi connectivity index (χ0n) is 16.8. The third-order valence-corrected chi connectivity index (χ3v) is 5.99. The molecule has 1 aromatic carbocycles. The van der Waals surface area contributed by atoms with E-state index in [1.165, 1.54) is 6.20 Å². The fourth-order valence-corrected chi connectivity index (χ4v) is 4.37. The number of rotatable bonds is 3. The van der Waals surface area contributed by atoms with Crippen LogP contribution in [0.5, 0.6) is 0 Å². The van der Waals surface area contributed by atoms with Crippen LogP contribution in [-0.2, 0) is 17.6 Å². The second kappa shape index (κ2) is 8.17. The van der Waals surface area contributed by atoms with Crippen LogP contribution in [0.25, 0.3) is 0 Å². The smallest absolute Gasteiger partial charge is 0.325 e. The molecular weight excluding hydrogens is 386 g/mol. The van der Waals surface area contributed by atoms with Gasteiger partial charge < -0.3 is 20.1 Å². The van der Waals surface area contributed by atoms with Crippen LogP contribution >= 0.6 is 0 Å². The van der Waals surface area contributed by atoms with E-state index in [2.05, 4.69) is 15.3 Å². The number of H-pyrrole nitrogens is 2. The number of carbonyl (C=O) groups is 2. The number of urea groups is 1. The van der Waals surface area contributed by atoms with Crippen molar-refractivity contribution < 1.29 is 9.59 Å². The van der Waals surface area contributed by atoms with Crippen molar-refractivity contribution in [3.63, 3.8) is 0 Å². The van der Waals surface area contributed by atoms with E-state index < -0.39 is 11.2 Å². The molecule has 3 N–H and O–H groups in total. The first-order chi connectivity index (χ1) is 14.4. The number of anilines is 1. The highest BCUT2D eigenvalue weighted by Crippen LogP contribution is 2.27. The van der Waals surface area contributed by atoms with Gasteiger partial charge in [0.25, 0.3) is 5.56 Å². The van der Waals surface area contributed by atoms with Gasteiger partial charge in [-0.1, -0.05) is 18.2 Å². The average molecular weight is 411 g/mol. The molecule has 4 rings (SSSR count). The highest BCUT2D eigenvalue weighted by Gasteiger charge is 2.34. The van der Waals surface area contributed by atoms with Crippen molar-refractivity contribution in [1.82, 2.24) is 19.8 Å². The fourth-order valence-electron chi connectivity index (χ4n) is 4.37. The van der Waals surface area contributed by atoms with Crippen molar-refractivity contribution in [2.75, 3.05) is 18.4 Å². The SMILES string of the molecule is C[C@H]1CC(N2CCc3ccccc3NC2=O)CCN1C(=O)Cc1c[nH]c(=O)[nH]c1=O. The summed E-state index contributed by atoms with van der Waals surface area (Å²) in [5.41, 5.74) is 1.08. The minimum absolute atomic E-state index is 0.0508. The maximum absolute atomic E-state index is 12.8. The lowest BCUT2D eigenvalue weighted by atomic mass is 9.96. The molecule has 1 saturated heterocycles. The van der Waals surface area contributed by atoms with Crippen LogP contribution in [0.1, 0.15) is 30.9 Å². The predicted octanol–water partition coefficient (Wildman–Crippen LogP) is 1.08. The molecule has 1 fully saturated rings. The maximum Gasteiger partial charge on any atom is 0.325 e. The third kappa shape index (κ3) is 4.00. The van der Waals surface area contributed by atoms with E-state index in [9.17, 15) is 19.2 Å². The summed E-state index contributed by atoms with van der Waals surface area (Å²) >= 11 is 0. The van der Waals surface area contributed by atoms with Gasteiger partial charge in [0, 0.05) is 42.6 Å². The summed E-state index contributed by atoms with van der Waals surface area (Å²) in [6, 6.07) is 7.72. The van der Waals surface area contributed by atoms with Gasteiger partial charge >= 0.3 is 11.7 Å². The number of hydrogen-bond acceptors (Lipinski definition) is 4. The van der Waals surface area contributed by atoms with E-state index in [1.807, 2.05) is 36.1 Å². The molecule has 9 nitrogen and oxygen atoms in total. The lowest BCUT2D eigenvalue weighted by Crippen LogP contribution is -2.53. The first-order valence-electron chi connectivity index (χ1n) is 10.2. The monoisotopic (exact) mass is 411 g/mol. The van der Waals surface area contributed by atoms with Crippen LogP contribution in [0, 0.1) is 0 Å². The topological polar surface area (TPSA) is 118 Å². The third-order valence-electron chi connectivity index (χ3n) is 5.99. The number of para-hydroxylation sites is 1. The molecule has 1 aromatic heterocycles. The van der Waals surface area contributed by atoms with Crippen molar-refractivity contribution in [1.29, 1.82) is 0 Å². The van der Waals surface area contributed by atoms with Gasteiger partial charge in [0.2, 0.25) is 5.91 Å². The van der Waals surface area contributed by atoms with Gasteiger partial charge in [0.15, 0.2) is 0 Å². The number of aromatic nitrogens is 2. The largest absolute Gasteiger partial charge is 0.340 e. The van der Waals surface area contributed by atoms with Crippen molar-refractivity contribution in [2.45, 2.75) is 44.7 Å². The molecule has 0 radical (unpaired) electrons. The summed E-state index contributed by atoms with van der Waals surface area (Å²) < 4.78 is 0. The molecular formula is C21H25N5O4. The van der Waals surface area contributed by atoms with Crippen LogP contribution in [0.2, 0.25) is 0 Å². The Balaban J connectivity index is 1.40. The Morgan fingerprint density at radius 3 is 2.73 bits per heavy atom. The van der Waals surface area contributed by atoms with Crippen molar-refractivity contribution >= 4 is 17.6 Å². The number of nitrogens with one attached hydrogen (secondary N) is 3. The number of carbonyl (C=O) groups excluding carboxylic acids is 2. The molecule has 3 amide bonds. The molecule has 2 aromatic rings. The number of aromatic amines is 2. The quantitative estimate of drug-likeness (QED) is 0.700. The zero-order valence-corrected chi connectivity index (χ0v) is 16.8. The molecule has 0 spiro atoms. The molecule has 2 atom stereocenters. The number of amides is 3. The number of nitrogens with zero attached hydrogens (tertiary/aromatic N) is 2. The number of likely N-dealkylation sites (tertiary alicyclic amines) is 1. The highest BCUT2D eigenvalue weighted by atomic mass is 16.2. The Morgan fingerprint density at radius 2 is 1.97 bits per heavy atom. The minimum atomic E-state index is -0.594. The number of hydrogen-bond donors (Lipinski definition) is 3. The van der Waals surface area contributed by atoms with Crippen molar-refractivity contribution in [3.05, 3.63) is 62.4 Å². The summed E-state index contributed by atoms with van der Waals surface area (Å²) in [6.45, 7) is 3.12. The molecule has 30 heavy (non-hydrogen) atoms. The molecule has 158 valence electrons. The Morgan fingerprint density at radius 1 is 1.17 bits per heavy atom. The fraction of sp³-hybridized carbons (Fsp3) is 0.429. The molecule has 0 saturated carbocycles. The van der Waals surface area contributed by atoms with Gasteiger partial charge in [-0.05, 0) is 37.8 Å². The summed E-state index contributed by atoms with van der Waals surface area (Å²) in [5, 5.41) is 3.00. The maximum atomic E-state index is 12.8. The first kappa shape index (κ1) is 19.9. The first-order valence-corrected chi connectivity index (χ1v) is 10.2. The van der Waals surface area contributed by atoms with Crippen LogP contribution in [0.15, 0.2) is 40.1 Å². The van der Waals surface area contributed by atoms with E-state index in [-0.39, 0.29) is 36.0 Å². The number of piperidine rings is 1.